The Morgan fingerprint density at radius 2 is 1.03 bits per heavy atom. The molecule has 196 valence electrons. The second-order valence-electron chi connectivity index (χ2n) is 10.7. The monoisotopic (exact) mass is 479 g/mol. The smallest absolute Gasteiger partial charge is 0.104 e. The zero-order chi connectivity index (χ0) is 25.5. The molecule has 2 rings (SSSR count). The molecule has 0 bridgehead atoms. The second kappa shape index (κ2) is 21.2. The lowest BCUT2D eigenvalue weighted by Gasteiger charge is -2.30. The quantitative estimate of drug-likeness (QED) is 0.167. The highest BCUT2D eigenvalue weighted by molar-refractivity contribution is 5.47. The van der Waals surface area contributed by atoms with Crippen molar-refractivity contribution in [3.63, 3.8) is 0 Å². The van der Waals surface area contributed by atoms with E-state index in [-0.39, 0.29) is 0 Å². The molecule has 0 unspecified atom stereocenters. The van der Waals surface area contributed by atoms with Gasteiger partial charge in [-0.15, -0.1) is 0 Å². The maximum Gasteiger partial charge on any atom is 0.104 e. The molecule has 0 radical (unpaired) electrons. The van der Waals surface area contributed by atoms with Gasteiger partial charge in [-0.3, -0.25) is 0 Å². The Bertz CT molecular complexity index is 721. The van der Waals surface area contributed by atoms with Crippen molar-refractivity contribution < 1.29 is 4.48 Å². The van der Waals surface area contributed by atoms with Gasteiger partial charge in [0.15, 0.2) is 0 Å². The lowest BCUT2D eigenvalue weighted by atomic mass is 10.0. The molecule has 0 saturated carbocycles. The van der Waals surface area contributed by atoms with Crippen LogP contribution in [0.1, 0.15) is 108 Å². The summed E-state index contributed by atoms with van der Waals surface area (Å²) < 4.78 is 1.11. The van der Waals surface area contributed by atoms with Gasteiger partial charge in [-0.2, -0.15) is 0 Å². The zero-order valence-corrected chi connectivity index (χ0v) is 23.3. The van der Waals surface area contributed by atoms with Crippen LogP contribution in [0.3, 0.4) is 0 Å². The minimum atomic E-state index is 1.11. The second-order valence-corrected chi connectivity index (χ2v) is 10.7. The molecule has 2 N–H and O–H groups in total. The fourth-order valence-electron chi connectivity index (χ4n) is 4.57. The first-order valence-corrected chi connectivity index (χ1v) is 14.4. The molecule has 0 spiro atoms. The van der Waals surface area contributed by atoms with Crippen molar-refractivity contribution in [1.82, 2.24) is 0 Å². The molecule has 0 aliphatic heterocycles. The van der Waals surface area contributed by atoms with E-state index < -0.39 is 0 Å². The van der Waals surface area contributed by atoms with Crippen LogP contribution in [0.5, 0.6) is 0 Å². The summed E-state index contributed by atoms with van der Waals surface area (Å²) >= 11 is 0. The maximum atomic E-state index is 5.18. The Kier molecular flexibility index (Phi) is 18.8. The molecule has 2 aromatic rings. The molecule has 0 aliphatic carbocycles. The molecule has 0 aliphatic rings. The average molecular weight is 480 g/mol. The Morgan fingerprint density at radius 1 is 0.600 bits per heavy atom. The predicted octanol–water partition coefficient (Wildman–Crippen LogP) is 9.36. The third kappa shape index (κ3) is 18.9. The van der Waals surface area contributed by atoms with Crippen LogP contribution < -0.4 is 5.73 Å². The number of nitrogens with two attached hydrogens (primary N) is 1. The van der Waals surface area contributed by atoms with Crippen LogP contribution in [-0.2, 0) is 6.54 Å². The third-order valence-electron chi connectivity index (χ3n) is 6.66. The summed E-state index contributed by atoms with van der Waals surface area (Å²) in [4.78, 5) is 0. The fraction of sp³-hybridized carbons (Fsp3) is 0.576. The Morgan fingerprint density at radius 3 is 1.49 bits per heavy atom. The van der Waals surface area contributed by atoms with Gasteiger partial charge in [-0.25, -0.2) is 0 Å². The van der Waals surface area contributed by atoms with Crippen molar-refractivity contribution in [2.45, 2.75) is 103 Å². The fourth-order valence-corrected chi connectivity index (χ4v) is 4.57. The molecule has 0 fully saturated rings. The van der Waals surface area contributed by atoms with E-state index in [1.165, 1.54) is 108 Å². The number of hydrogen-bond acceptors (Lipinski definition) is 1. The molecule has 0 atom stereocenters. The third-order valence-corrected chi connectivity index (χ3v) is 6.66. The van der Waals surface area contributed by atoms with Gasteiger partial charge in [0.2, 0.25) is 0 Å². The van der Waals surface area contributed by atoms with E-state index in [0.29, 0.717) is 0 Å². The van der Waals surface area contributed by atoms with Crippen molar-refractivity contribution in [2.75, 3.05) is 20.6 Å². The molecule has 0 aromatic heterocycles. The maximum absolute atomic E-state index is 5.18. The van der Waals surface area contributed by atoms with Gasteiger partial charge in [0.1, 0.15) is 6.54 Å². The average Bonchev–Trinajstić information content (AvgIpc) is 2.86. The van der Waals surface area contributed by atoms with Crippen molar-refractivity contribution in [3.05, 3.63) is 78.0 Å². The topological polar surface area (TPSA) is 26.0 Å². The van der Waals surface area contributed by atoms with E-state index >= 15 is 0 Å². The molecule has 2 aromatic carbocycles. The first kappa shape index (κ1) is 31.0. The van der Waals surface area contributed by atoms with E-state index in [4.69, 9.17) is 5.73 Å². The Labute approximate surface area is 218 Å². The largest absolute Gasteiger partial charge is 0.405 e. The van der Waals surface area contributed by atoms with Gasteiger partial charge >= 0.3 is 0 Å². The van der Waals surface area contributed by atoms with Crippen molar-refractivity contribution in [2.24, 2.45) is 5.73 Å². The van der Waals surface area contributed by atoms with Crippen LogP contribution in [0.25, 0.3) is 6.08 Å². The summed E-state index contributed by atoms with van der Waals surface area (Å²) in [6.45, 7) is 4.75. The van der Waals surface area contributed by atoms with Crippen LogP contribution in [0.15, 0.2) is 66.9 Å². The normalized spacial score (nSPS) is 11.4. The zero-order valence-electron chi connectivity index (χ0n) is 23.3. The van der Waals surface area contributed by atoms with Crippen molar-refractivity contribution in [3.8, 4) is 0 Å². The molecular weight excluding hydrogens is 424 g/mol. The first-order chi connectivity index (χ1) is 17.1. The number of unbranched alkanes of at least 4 members (excludes halogenated alkanes) is 13. The highest BCUT2D eigenvalue weighted by atomic mass is 15.3. The first-order valence-electron chi connectivity index (χ1n) is 14.4. The Hall–Kier alpha value is -2.06. The van der Waals surface area contributed by atoms with Crippen LogP contribution in [0, 0.1) is 0 Å². The van der Waals surface area contributed by atoms with E-state index in [1.54, 1.807) is 0 Å². The summed E-state index contributed by atoms with van der Waals surface area (Å²) in [5.74, 6) is 0. The van der Waals surface area contributed by atoms with Gasteiger partial charge in [0.25, 0.3) is 0 Å². The minimum absolute atomic E-state index is 1.11. The highest BCUT2D eigenvalue weighted by Crippen LogP contribution is 2.15. The summed E-state index contributed by atoms with van der Waals surface area (Å²) in [7, 11) is 4.74. The van der Waals surface area contributed by atoms with Crippen LogP contribution in [-0.4, -0.2) is 25.1 Å². The van der Waals surface area contributed by atoms with Gasteiger partial charge in [-0.1, -0.05) is 145 Å². The molecule has 35 heavy (non-hydrogen) atoms. The number of quaternary nitrogens is 1. The molecular formula is C33H55N2+. The number of rotatable bonds is 18. The summed E-state index contributed by atoms with van der Waals surface area (Å²) in [5, 5.41) is 0. The lowest BCUT2D eigenvalue weighted by Crippen LogP contribution is -2.39. The number of benzene rings is 2. The Balaban J connectivity index is 0.000000566. The van der Waals surface area contributed by atoms with E-state index in [0.717, 1.165) is 16.6 Å². The minimum Gasteiger partial charge on any atom is -0.405 e. The SMILES string of the molecule is CCCCCCCCCCCCCCCC[N+](C)(C)Cc1ccccc1.NC=Cc1ccccc1. The molecule has 0 saturated heterocycles. The molecule has 0 heterocycles. The highest BCUT2D eigenvalue weighted by Gasteiger charge is 2.14. The number of hydrogen-bond donors (Lipinski definition) is 1. The van der Waals surface area contributed by atoms with Crippen molar-refractivity contribution in [1.29, 1.82) is 0 Å². The van der Waals surface area contributed by atoms with Crippen LogP contribution in [0.4, 0.5) is 0 Å². The van der Waals surface area contributed by atoms with Crippen LogP contribution >= 0.6 is 0 Å². The summed E-state index contributed by atoms with van der Waals surface area (Å²) in [5.41, 5.74) is 7.78. The van der Waals surface area contributed by atoms with Crippen LogP contribution in [0.2, 0.25) is 0 Å². The van der Waals surface area contributed by atoms with E-state index in [9.17, 15) is 0 Å². The molecule has 2 heteroatoms. The van der Waals surface area contributed by atoms with Crippen molar-refractivity contribution >= 4 is 6.08 Å². The standard InChI is InChI=1S/C25H46N.C8H9N/c1-4-5-6-7-8-9-10-11-12-13-14-15-16-20-23-26(2,3)24-25-21-18-17-19-22-25;9-7-6-8-4-2-1-3-5-8/h17-19,21-22H,4-16,20,23-24H2,1-3H3;1-7H,9H2/q+1;. The van der Waals surface area contributed by atoms with E-state index in [2.05, 4.69) is 51.4 Å². The number of nitrogens with zero attached hydrogens (tertiary/aromatic N) is 1. The molecule has 0 amide bonds. The van der Waals surface area contributed by atoms with Gasteiger partial charge in [0, 0.05) is 5.56 Å². The summed E-state index contributed by atoms with van der Waals surface area (Å²) in [6, 6.07) is 20.9. The lowest BCUT2D eigenvalue weighted by molar-refractivity contribution is -0.903. The summed E-state index contributed by atoms with van der Waals surface area (Å²) in [6.07, 6.45) is 23.6. The van der Waals surface area contributed by atoms with Gasteiger partial charge in [-0.05, 0) is 30.7 Å². The molecule has 2 nitrogen and oxygen atoms in total. The van der Waals surface area contributed by atoms with Gasteiger partial charge in [0.05, 0.1) is 20.6 Å². The van der Waals surface area contributed by atoms with E-state index in [1.807, 2.05) is 36.4 Å². The van der Waals surface area contributed by atoms with Gasteiger partial charge < -0.3 is 10.2 Å². The predicted molar refractivity (Wildman–Crippen MR) is 157 cm³/mol.